The van der Waals surface area contributed by atoms with Gasteiger partial charge in [-0.1, -0.05) is 0 Å². The third-order valence-corrected chi connectivity index (χ3v) is 4.49. The smallest absolute Gasteiger partial charge is 0.254 e. The Morgan fingerprint density at radius 2 is 2.24 bits per heavy atom. The Balaban J connectivity index is 1.45. The highest BCUT2D eigenvalue weighted by molar-refractivity contribution is 5.94. The van der Waals surface area contributed by atoms with Crippen LogP contribution < -0.4 is 4.74 Å². The minimum Gasteiger partial charge on any atom is -0.474 e. The average Bonchev–Trinajstić information content (AvgIpc) is 3.04. The van der Waals surface area contributed by atoms with Crippen molar-refractivity contribution in [2.75, 3.05) is 19.7 Å². The van der Waals surface area contributed by atoms with Crippen LogP contribution in [0.5, 0.6) is 5.88 Å². The Labute approximate surface area is 145 Å². The molecule has 2 aromatic rings. The predicted molar refractivity (Wildman–Crippen MR) is 86.1 cm³/mol. The van der Waals surface area contributed by atoms with Gasteiger partial charge < -0.3 is 18.8 Å². The normalized spacial score (nSPS) is 21.0. The predicted octanol–water partition coefficient (Wildman–Crippen LogP) is 1.92. The fourth-order valence-electron chi connectivity index (χ4n) is 2.87. The molecule has 1 aliphatic heterocycles. The molecule has 0 spiro atoms. The number of carbonyl (C=O) groups excluding carboxylic acids is 1. The fourth-order valence-corrected chi connectivity index (χ4v) is 2.87. The van der Waals surface area contributed by atoms with Crippen LogP contribution in [-0.2, 0) is 4.74 Å². The number of carbonyl (C=O) groups is 1. The minimum atomic E-state index is -0.397. The van der Waals surface area contributed by atoms with Crippen molar-refractivity contribution in [3.8, 4) is 5.88 Å². The van der Waals surface area contributed by atoms with Crippen molar-refractivity contribution in [1.82, 2.24) is 20.1 Å². The summed E-state index contributed by atoms with van der Waals surface area (Å²) < 4.78 is 16.9. The number of nitrogens with zero attached hydrogens (tertiary/aromatic N) is 4. The Bertz CT molecular complexity index is 759. The molecule has 0 N–H and O–H groups in total. The highest BCUT2D eigenvalue weighted by Crippen LogP contribution is 2.25. The Morgan fingerprint density at radius 1 is 1.36 bits per heavy atom. The van der Waals surface area contributed by atoms with Crippen molar-refractivity contribution in [2.24, 2.45) is 0 Å². The zero-order valence-electron chi connectivity index (χ0n) is 14.1. The summed E-state index contributed by atoms with van der Waals surface area (Å²) in [5.41, 5.74) is 0.562. The largest absolute Gasteiger partial charge is 0.474 e. The molecule has 2 aliphatic rings. The molecule has 8 nitrogen and oxygen atoms in total. The van der Waals surface area contributed by atoms with Crippen molar-refractivity contribution >= 4 is 5.91 Å². The molecule has 1 amide bonds. The summed E-state index contributed by atoms with van der Waals surface area (Å²) in [7, 11) is 0. The molecular formula is C17H20N4O4. The maximum absolute atomic E-state index is 12.8. The molecule has 4 rings (SSSR count). The molecule has 3 heterocycles. The summed E-state index contributed by atoms with van der Waals surface area (Å²) in [6.45, 7) is 3.04. The second kappa shape index (κ2) is 6.79. The monoisotopic (exact) mass is 344 g/mol. The third-order valence-electron chi connectivity index (χ3n) is 4.49. The number of hydrogen-bond donors (Lipinski definition) is 0. The maximum Gasteiger partial charge on any atom is 0.254 e. The molecule has 1 saturated heterocycles. The van der Waals surface area contributed by atoms with Crippen LogP contribution >= 0.6 is 0 Å². The Kier molecular flexibility index (Phi) is 4.35. The van der Waals surface area contributed by atoms with E-state index in [1.807, 2.05) is 0 Å². The zero-order chi connectivity index (χ0) is 17.2. The summed E-state index contributed by atoms with van der Waals surface area (Å²) >= 11 is 0. The molecule has 132 valence electrons. The van der Waals surface area contributed by atoms with Gasteiger partial charge in [-0.25, -0.2) is 4.98 Å². The third kappa shape index (κ3) is 3.48. The molecule has 0 unspecified atom stereocenters. The van der Waals surface area contributed by atoms with E-state index in [1.165, 1.54) is 6.42 Å². The summed E-state index contributed by atoms with van der Waals surface area (Å²) in [6.07, 6.45) is 4.73. The van der Waals surface area contributed by atoms with Crippen molar-refractivity contribution in [2.45, 2.75) is 38.4 Å². The van der Waals surface area contributed by atoms with E-state index in [4.69, 9.17) is 13.9 Å². The number of ether oxygens (including phenoxy) is 2. The molecule has 2 fully saturated rings. The summed E-state index contributed by atoms with van der Waals surface area (Å²) in [5.74, 6) is 1.31. The number of rotatable bonds is 4. The first-order chi connectivity index (χ1) is 12.2. The Morgan fingerprint density at radius 3 is 2.96 bits per heavy atom. The van der Waals surface area contributed by atoms with Gasteiger partial charge in [-0.15, -0.1) is 10.2 Å². The Hall–Kier alpha value is -2.48. The lowest BCUT2D eigenvalue weighted by Gasteiger charge is -2.31. The van der Waals surface area contributed by atoms with Crippen LogP contribution in [0, 0.1) is 6.92 Å². The van der Waals surface area contributed by atoms with E-state index >= 15 is 0 Å². The zero-order valence-corrected chi connectivity index (χ0v) is 14.1. The highest BCUT2D eigenvalue weighted by atomic mass is 16.5. The van der Waals surface area contributed by atoms with Crippen LogP contribution in [0.3, 0.4) is 0 Å². The first kappa shape index (κ1) is 16.0. The van der Waals surface area contributed by atoms with Gasteiger partial charge in [-0.05, 0) is 25.3 Å². The van der Waals surface area contributed by atoms with E-state index in [1.54, 1.807) is 30.2 Å². The highest BCUT2D eigenvalue weighted by Gasteiger charge is 2.30. The fraction of sp³-hybridized carbons (Fsp3) is 0.529. The maximum atomic E-state index is 12.8. The first-order valence-electron chi connectivity index (χ1n) is 8.52. The van der Waals surface area contributed by atoms with Crippen LogP contribution in [0.4, 0.5) is 0 Å². The molecule has 0 bridgehead atoms. The van der Waals surface area contributed by atoms with E-state index in [9.17, 15) is 4.79 Å². The topological polar surface area (TPSA) is 90.6 Å². The summed E-state index contributed by atoms with van der Waals surface area (Å²) in [5, 5.41) is 7.81. The number of amides is 1. The second-order valence-electron chi connectivity index (χ2n) is 6.32. The van der Waals surface area contributed by atoms with Crippen LogP contribution in [0.2, 0.25) is 0 Å². The molecule has 0 radical (unpaired) electrons. The van der Waals surface area contributed by atoms with E-state index < -0.39 is 6.10 Å². The van der Waals surface area contributed by atoms with Crippen LogP contribution in [0.1, 0.15) is 47.5 Å². The molecule has 1 atom stereocenters. The van der Waals surface area contributed by atoms with Crippen molar-refractivity contribution < 1.29 is 18.7 Å². The van der Waals surface area contributed by atoms with E-state index in [2.05, 4.69) is 15.2 Å². The van der Waals surface area contributed by atoms with Crippen molar-refractivity contribution in [1.29, 1.82) is 0 Å². The molecule has 1 aliphatic carbocycles. The van der Waals surface area contributed by atoms with E-state index in [0.29, 0.717) is 42.9 Å². The number of aryl methyl sites for hydroxylation is 1. The quantitative estimate of drug-likeness (QED) is 0.837. The number of morpholine rings is 1. The molecule has 0 aromatic carbocycles. The van der Waals surface area contributed by atoms with Crippen LogP contribution in [0.15, 0.2) is 22.7 Å². The second-order valence-corrected chi connectivity index (χ2v) is 6.32. The number of aromatic nitrogens is 3. The van der Waals surface area contributed by atoms with Gasteiger partial charge in [0.2, 0.25) is 17.7 Å². The lowest BCUT2D eigenvalue weighted by Crippen LogP contribution is -2.42. The summed E-state index contributed by atoms with van der Waals surface area (Å²) in [4.78, 5) is 18.8. The van der Waals surface area contributed by atoms with E-state index in [0.717, 1.165) is 12.8 Å². The van der Waals surface area contributed by atoms with E-state index in [-0.39, 0.29) is 12.0 Å². The average molecular weight is 344 g/mol. The SMILES string of the molecule is Cc1nnc([C@@H]2CN(C(=O)c3ccnc(OC4CCC4)c3)CCO2)o1. The standard InChI is InChI=1S/C17H20N4O4/c1-11-19-20-16(24-11)14-10-21(7-8-23-14)17(22)12-5-6-18-15(9-12)25-13-3-2-4-13/h5-6,9,13-14H,2-4,7-8,10H2,1H3/t14-/m0/s1. The minimum absolute atomic E-state index is 0.0783. The lowest BCUT2D eigenvalue weighted by atomic mass is 9.96. The molecule has 8 heteroatoms. The van der Waals surface area contributed by atoms with Gasteiger partial charge in [0.25, 0.3) is 5.91 Å². The number of hydrogen-bond acceptors (Lipinski definition) is 7. The number of pyridine rings is 1. The van der Waals surface area contributed by atoms with Gasteiger partial charge in [-0.2, -0.15) is 0 Å². The molecule has 2 aromatic heterocycles. The van der Waals surface area contributed by atoms with Gasteiger partial charge in [0.1, 0.15) is 6.10 Å². The van der Waals surface area contributed by atoms with Crippen molar-refractivity contribution in [3.63, 3.8) is 0 Å². The van der Waals surface area contributed by atoms with Gasteiger partial charge in [0, 0.05) is 31.3 Å². The lowest BCUT2D eigenvalue weighted by molar-refractivity contribution is -0.0349. The molecular weight excluding hydrogens is 324 g/mol. The van der Waals surface area contributed by atoms with Crippen molar-refractivity contribution in [3.05, 3.63) is 35.7 Å². The first-order valence-corrected chi connectivity index (χ1v) is 8.52. The molecule has 25 heavy (non-hydrogen) atoms. The van der Waals surface area contributed by atoms with Crippen LogP contribution in [-0.4, -0.2) is 51.8 Å². The van der Waals surface area contributed by atoms with Gasteiger partial charge in [0.15, 0.2) is 6.10 Å². The van der Waals surface area contributed by atoms with Gasteiger partial charge in [0.05, 0.1) is 13.2 Å². The van der Waals surface area contributed by atoms with Gasteiger partial charge in [-0.3, -0.25) is 4.79 Å². The molecule has 1 saturated carbocycles. The summed E-state index contributed by atoms with van der Waals surface area (Å²) in [6, 6.07) is 3.42. The van der Waals surface area contributed by atoms with Crippen LogP contribution in [0.25, 0.3) is 0 Å². The van der Waals surface area contributed by atoms with Gasteiger partial charge >= 0.3 is 0 Å².